The Bertz CT molecular complexity index is 434. The maximum Gasteiger partial charge on any atom is 0.0270 e. The second kappa shape index (κ2) is 6.39. The predicted octanol–water partition coefficient (Wildman–Crippen LogP) is 4.34. The lowest BCUT2D eigenvalue weighted by atomic mass is 9.95. The zero-order valence-electron chi connectivity index (χ0n) is 11.9. The van der Waals surface area contributed by atoms with E-state index in [1.807, 2.05) is 6.92 Å². The number of hydrogen-bond donors (Lipinski definition) is 2. The van der Waals surface area contributed by atoms with Crippen LogP contribution in [0.15, 0.2) is 46.8 Å². The van der Waals surface area contributed by atoms with Crippen LogP contribution in [-0.2, 0) is 0 Å². The van der Waals surface area contributed by atoms with Gasteiger partial charge in [-0.15, -0.1) is 0 Å². The second-order valence-electron chi connectivity index (χ2n) is 5.09. The Morgan fingerprint density at radius 1 is 1.50 bits per heavy atom. The fourth-order valence-corrected chi connectivity index (χ4v) is 1.99. The molecule has 0 atom stereocenters. The molecule has 0 aromatic heterocycles. The Labute approximate surface area is 111 Å². The summed E-state index contributed by atoms with van der Waals surface area (Å²) in [6.07, 6.45) is 7.88. The molecule has 2 heteroatoms. The number of rotatable bonds is 5. The van der Waals surface area contributed by atoms with E-state index in [1.165, 1.54) is 17.5 Å². The lowest BCUT2D eigenvalue weighted by Gasteiger charge is -2.19. The standard InChI is InChI=1S/C16H24N2/c1-11(2)13(4)15(10-17)14(5)18-16-9-7-6-8-12(16)3/h6,8,10-11,17-18H,4,7,9H2,1-3,5H3/b15-14+,17-10?. The normalized spacial score (nSPS) is 16.7. The van der Waals surface area contributed by atoms with Gasteiger partial charge in [0.25, 0.3) is 0 Å². The molecule has 0 bridgehead atoms. The molecule has 0 radical (unpaired) electrons. The maximum atomic E-state index is 7.57. The molecular formula is C16H24N2. The maximum absolute atomic E-state index is 7.57. The van der Waals surface area contributed by atoms with E-state index in [0.29, 0.717) is 5.92 Å². The van der Waals surface area contributed by atoms with E-state index in [0.717, 1.165) is 29.7 Å². The third kappa shape index (κ3) is 3.46. The van der Waals surface area contributed by atoms with Gasteiger partial charge in [0.15, 0.2) is 0 Å². The van der Waals surface area contributed by atoms with Gasteiger partial charge in [-0.2, -0.15) is 0 Å². The molecule has 2 nitrogen and oxygen atoms in total. The van der Waals surface area contributed by atoms with Crippen LogP contribution in [0.5, 0.6) is 0 Å². The highest BCUT2D eigenvalue weighted by Crippen LogP contribution is 2.21. The molecule has 0 amide bonds. The summed E-state index contributed by atoms with van der Waals surface area (Å²) in [5.41, 5.74) is 5.49. The van der Waals surface area contributed by atoms with Crippen LogP contribution in [0.4, 0.5) is 0 Å². The predicted molar refractivity (Wildman–Crippen MR) is 79.7 cm³/mol. The van der Waals surface area contributed by atoms with Crippen LogP contribution >= 0.6 is 0 Å². The first kappa shape index (κ1) is 14.5. The van der Waals surface area contributed by atoms with Crippen LogP contribution in [0.2, 0.25) is 0 Å². The molecule has 0 aliphatic heterocycles. The van der Waals surface area contributed by atoms with Gasteiger partial charge >= 0.3 is 0 Å². The monoisotopic (exact) mass is 244 g/mol. The topological polar surface area (TPSA) is 35.9 Å². The van der Waals surface area contributed by atoms with Gasteiger partial charge in [0.2, 0.25) is 0 Å². The Morgan fingerprint density at radius 3 is 2.67 bits per heavy atom. The molecule has 2 N–H and O–H groups in total. The molecule has 0 fully saturated rings. The van der Waals surface area contributed by atoms with E-state index in [2.05, 4.69) is 44.8 Å². The van der Waals surface area contributed by atoms with Crippen LogP contribution in [0.1, 0.15) is 40.5 Å². The summed E-state index contributed by atoms with van der Waals surface area (Å²) in [5, 5.41) is 11.0. The van der Waals surface area contributed by atoms with Gasteiger partial charge in [-0.1, -0.05) is 32.6 Å². The van der Waals surface area contributed by atoms with Gasteiger partial charge in [-0.05, 0) is 43.8 Å². The van der Waals surface area contributed by atoms with Gasteiger partial charge in [0, 0.05) is 23.2 Å². The smallest absolute Gasteiger partial charge is 0.0270 e. The largest absolute Gasteiger partial charge is 0.362 e. The summed E-state index contributed by atoms with van der Waals surface area (Å²) in [7, 11) is 0. The van der Waals surface area contributed by atoms with E-state index in [9.17, 15) is 0 Å². The summed E-state index contributed by atoms with van der Waals surface area (Å²) in [6, 6.07) is 0. The molecule has 1 aliphatic carbocycles. The summed E-state index contributed by atoms with van der Waals surface area (Å²) in [5.74, 6) is 0.361. The van der Waals surface area contributed by atoms with E-state index < -0.39 is 0 Å². The van der Waals surface area contributed by atoms with Gasteiger partial charge in [-0.25, -0.2) is 0 Å². The highest BCUT2D eigenvalue weighted by Gasteiger charge is 2.11. The van der Waals surface area contributed by atoms with Crippen LogP contribution in [0, 0.1) is 11.3 Å². The van der Waals surface area contributed by atoms with Crippen molar-refractivity contribution in [2.75, 3.05) is 0 Å². The van der Waals surface area contributed by atoms with Crippen molar-refractivity contribution in [1.82, 2.24) is 5.32 Å². The lowest BCUT2D eigenvalue weighted by Crippen LogP contribution is -2.17. The molecule has 98 valence electrons. The summed E-state index contributed by atoms with van der Waals surface area (Å²) in [4.78, 5) is 0. The fourth-order valence-electron chi connectivity index (χ4n) is 1.99. The highest BCUT2D eigenvalue weighted by molar-refractivity contribution is 5.83. The third-order valence-electron chi connectivity index (χ3n) is 3.33. The lowest BCUT2D eigenvalue weighted by molar-refractivity contribution is 0.773. The molecule has 0 heterocycles. The van der Waals surface area contributed by atoms with Crippen molar-refractivity contribution < 1.29 is 0 Å². The van der Waals surface area contributed by atoms with Crippen molar-refractivity contribution in [2.24, 2.45) is 5.92 Å². The molecule has 0 unspecified atom stereocenters. The molecule has 1 aliphatic rings. The van der Waals surface area contributed by atoms with Crippen molar-refractivity contribution in [2.45, 2.75) is 40.5 Å². The number of allylic oxidation sites excluding steroid dienone is 7. The third-order valence-corrected chi connectivity index (χ3v) is 3.33. The molecule has 18 heavy (non-hydrogen) atoms. The molecular weight excluding hydrogens is 220 g/mol. The minimum atomic E-state index is 0.361. The molecule has 0 spiro atoms. The summed E-state index contributed by atoms with van der Waals surface area (Å²) >= 11 is 0. The van der Waals surface area contributed by atoms with Crippen LogP contribution < -0.4 is 5.32 Å². The molecule has 1 rings (SSSR count). The minimum Gasteiger partial charge on any atom is -0.362 e. The highest BCUT2D eigenvalue weighted by atomic mass is 14.9. The minimum absolute atomic E-state index is 0.361. The first-order chi connectivity index (χ1) is 8.47. The quantitative estimate of drug-likeness (QED) is 0.548. The Kier molecular flexibility index (Phi) is 5.14. The average molecular weight is 244 g/mol. The summed E-state index contributed by atoms with van der Waals surface area (Å²) < 4.78 is 0. The molecule has 0 saturated carbocycles. The van der Waals surface area contributed by atoms with Crippen LogP contribution in [-0.4, -0.2) is 6.21 Å². The van der Waals surface area contributed by atoms with Crippen molar-refractivity contribution in [3.8, 4) is 0 Å². The van der Waals surface area contributed by atoms with Gasteiger partial charge < -0.3 is 10.7 Å². The van der Waals surface area contributed by atoms with Gasteiger partial charge in [0.1, 0.15) is 0 Å². The first-order valence-electron chi connectivity index (χ1n) is 6.51. The van der Waals surface area contributed by atoms with E-state index in [-0.39, 0.29) is 0 Å². The van der Waals surface area contributed by atoms with Gasteiger partial charge in [-0.3, -0.25) is 0 Å². The zero-order chi connectivity index (χ0) is 13.7. The fraction of sp³-hybridized carbons (Fsp3) is 0.438. The van der Waals surface area contributed by atoms with E-state index in [1.54, 1.807) is 0 Å². The van der Waals surface area contributed by atoms with Crippen LogP contribution in [0.3, 0.4) is 0 Å². The second-order valence-corrected chi connectivity index (χ2v) is 5.09. The Morgan fingerprint density at radius 2 is 2.17 bits per heavy atom. The Balaban J connectivity index is 2.97. The zero-order valence-corrected chi connectivity index (χ0v) is 11.9. The van der Waals surface area contributed by atoms with Crippen LogP contribution in [0.25, 0.3) is 0 Å². The molecule has 0 saturated heterocycles. The van der Waals surface area contributed by atoms with Crippen molar-refractivity contribution in [3.63, 3.8) is 0 Å². The molecule has 0 aromatic carbocycles. The van der Waals surface area contributed by atoms with E-state index >= 15 is 0 Å². The summed E-state index contributed by atoms with van der Waals surface area (Å²) in [6.45, 7) is 12.4. The molecule has 0 aromatic rings. The first-order valence-corrected chi connectivity index (χ1v) is 6.51. The van der Waals surface area contributed by atoms with Crippen molar-refractivity contribution in [1.29, 1.82) is 5.41 Å². The average Bonchev–Trinajstić information content (AvgIpc) is 2.32. The van der Waals surface area contributed by atoms with Gasteiger partial charge in [0.05, 0.1) is 0 Å². The van der Waals surface area contributed by atoms with Crippen molar-refractivity contribution >= 4 is 6.21 Å². The number of nitrogens with one attached hydrogen (secondary N) is 2. The number of hydrogen-bond acceptors (Lipinski definition) is 2. The Hall–Kier alpha value is -1.57. The SMILES string of the molecule is C=C(/C(C=N)=C(\C)NC1=C(C)C=CCC1)C(C)C. The van der Waals surface area contributed by atoms with Crippen molar-refractivity contribution in [3.05, 3.63) is 46.8 Å². The van der Waals surface area contributed by atoms with E-state index in [4.69, 9.17) is 5.41 Å².